The molecule has 3 aromatic carbocycles. The van der Waals surface area contributed by atoms with Gasteiger partial charge in [0.1, 0.15) is 0 Å². The second kappa shape index (κ2) is 12.0. The van der Waals surface area contributed by atoms with Gasteiger partial charge in [0.05, 0.1) is 17.1 Å². The number of carbonyl (C=O) groups is 3. The van der Waals surface area contributed by atoms with E-state index in [1.807, 2.05) is 49.4 Å². The quantitative estimate of drug-likeness (QED) is 0.219. The predicted molar refractivity (Wildman–Crippen MR) is 182 cm³/mol. The molecule has 0 aliphatic carbocycles. The van der Waals surface area contributed by atoms with Gasteiger partial charge in [-0.05, 0) is 65.6 Å². The maximum Gasteiger partial charge on any atom is 0.301 e. The van der Waals surface area contributed by atoms with Gasteiger partial charge in [-0.3, -0.25) is 19.2 Å². The van der Waals surface area contributed by atoms with E-state index < -0.39 is 17.7 Å². The Morgan fingerprint density at radius 3 is 2.43 bits per heavy atom. The van der Waals surface area contributed by atoms with Crippen molar-refractivity contribution >= 4 is 57.3 Å². The molecule has 1 saturated heterocycles. The minimum Gasteiger partial charge on any atom is -0.397 e. The molecule has 0 saturated carbocycles. The summed E-state index contributed by atoms with van der Waals surface area (Å²) in [6, 6.07) is 18.1. The first-order chi connectivity index (χ1) is 20.8. The van der Waals surface area contributed by atoms with E-state index in [-0.39, 0.29) is 27.8 Å². The van der Waals surface area contributed by atoms with Crippen LogP contribution in [0.1, 0.15) is 42.3 Å². The van der Waals surface area contributed by atoms with Crippen LogP contribution in [0.5, 0.6) is 0 Å². The van der Waals surface area contributed by atoms with Crippen LogP contribution < -0.4 is 26.8 Å². The average Bonchev–Trinajstić information content (AvgIpc) is 2.98. The number of rotatable bonds is 6. The zero-order valence-electron chi connectivity index (χ0n) is 25.5. The van der Waals surface area contributed by atoms with Gasteiger partial charge >= 0.3 is 5.91 Å². The Morgan fingerprint density at radius 2 is 1.75 bits per heavy atom. The highest BCUT2D eigenvalue weighted by atomic mass is 32.2. The molecular weight excluding hydrogens is 576 g/mol. The lowest BCUT2D eigenvalue weighted by atomic mass is 9.86. The van der Waals surface area contributed by atoms with Crippen molar-refractivity contribution in [3.8, 4) is 11.3 Å². The maximum atomic E-state index is 13.1. The monoisotopic (exact) mass is 614 g/mol. The molecule has 0 bridgehead atoms. The van der Waals surface area contributed by atoms with Crippen LogP contribution in [0.3, 0.4) is 0 Å². The van der Waals surface area contributed by atoms with Crippen LogP contribution >= 0.6 is 11.8 Å². The summed E-state index contributed by atoms with van der Waals surface area (Å²) in [5, 5.41) is 5.77. The lowest BCUT2D eigenvalue weighted by Gasteiger charge is -2.28. The Hall–Kier alpha value is -4.90. The highest BCUT2D eigenvalue weighted by Crippen LogP contribution is 2.32. The van der Waals surface area contributed by atoms with Crippen LogP contribution in [0, 0.1) is 6.92 Å². The number of nitrogens with two attached hydrogens (primary N) is 1. The molecule has 2 amide bonds. The summed E-state index contributed by atoms with van der Waals surface area (Å²) in [5.74, 6) is 0.0668. The second-order valence-corrected chi connectivity index (χ2v) is 13.9. The van der Waals surface area contributed by atoms with Crippen molar-refractivity contribution in [3.05, 3.63) is 93.9 Å². The summed E-state index contributed by atoms with van der Waals surface area (Å²) < 4.78 is 1.44. The molecule has 44 heavy (non-hydrogen) atoms. The van der Waals surface area contributed by atoms with E-state index in [1.165, 1.54) is 9.47 Å². The second-order valence-electron chi connectivity index (χ2n) is 12.0. The SMILES string of the molecule is Cc1c(NC(=O)c2ccc(C(C)(C)C)cc2)cccc1-c1cn(C)c(=O)c(Nc2ccc(N3CC[SH4]C(=O)C3=O)c(N)c2)n1. The van der Waals surface area contributed by atoms with Crippen LogP contribution in [-0.4, -0.2) is 38.8 Å². The third kappa shape index (κ3) is 6.23. The molecule has 1 fully saturated rings. The Labute approximate surface area is 259 Å². The molecule has 230 valence electrons. The first-order valence-corrected chi connectivity index (χ1v) is 16.1. The molecular formula is C33H38N6O4S. The minimum atomic E-state index is -1.02. The van der Waals surface area contributed by atoms with Gasteiger partial charge in [-0.1, -0.05) is 45.0 Å². The van der Waals surface area contributed by atoms with E-state index in [2.05, 4.69) is 36.4 Å². The van der Waals surface area contributed by atoms with Crippen molar-refractivity contribution in [2.75, 3.05) is 33.6 Å². The number of hydrogen-bond acceptors (Lipinski definition) is 7. The number of nitrogens with one attached hydrogen (secondary N) is 2. The van der Waals surface area contributed by atoms with Crippen LogP contribution in [0.15, 0.2) is 71.7 Å². The van der Waals surface area contributed by atoms with Crippen LogP contribution in [0.2, 0.25) is 0 Å². The lowest BCUT2D eigenvalue weighted by Crippen LogP contribution is -2.41. The summed E-state index contributed by atoms with van der Waals surface area (Å²) >= 11 is -1.02. The summed E-state index contributed by atoms with van der Waals surface area (Å²) in [5.41, 5.74) is 11.6. The Kier molecular flexibility index (Phi) is 8.33. The van der Waals surface area contributed by atoms with Gasteiger partial charge in [0.25, 0.3) is 11.5 Å². The smallest absolute Gasteiger partial charge is 0.301 e. The van der Waals surface area contributed by atoms with Crippen molar-refractivity contribution in [1.82, 2.24) is 9.55 Å². The van der Waals surface area contributed by atoms with Gasteiger partial charge in [0.15, 0.2) is 5.82 Å². The van der Waals surface area contributed by atoms with Crippen molar-refractivity contribution < 1.29 is 14.4 Å². The van der Waals surface area contributed by atoms with E-state index in [0.717, 1.165) is 16.7 Å². The number of hydrogen-bond donors (Lipinski definition) is 3. The van der Waals surface area contributed by atoms with Crippen LogP contribution in [-0.2, 0) is 22.1 Å². The highest BCUT2D eigenvalue weighted by molar-refractivity contribution is 8.15. The zero-order valence-corrected chi connectivity index (χ0v) is 26.9. The normalized spacial score (nSPS) is 13.8. The Balaban J connectivity index is 1.40. The van der Waals surface area contributed by atoms with Crippen LogP contribution in [0.25, 0.3) is 11.3 Å². The van der Waals surface area contributed by atoms with E-state index in [9.17, 15) is 19.2 Å². The summed E-state index contributed by atoms with van der Waals surface area (Å²) in [6.07, 6.45) is 1.65. The number of nitrogens with zero attached hydrogens (tertiary/aromatic N) is 3. The van der Waals surface area contributed by atoms with Gasteiger partial charge in [-0.15, -0.1) is 0 Å². The fourth-order valence-electron chi connectivity index (χ4n) is 5.18. The molecule has 4 N–H and O–H groups in total. The van der Waals surface area contributed by atoms with Crippen molar-refractivity contribution in [1.29, 1.82) is 0 Å². The first-order valence-electron chi connectivity index (χ1n) is 14.4. The first kappa shape index (κ1) is 30.6. The summed E-state index contributed by atoms with van der Waals surface area (Å²) in [6.45, 7) is 8.74. The molecule has 2 heterocycles. The largest absolute Gasteiger partial charge is 0.397 e. The average molecular weight is 615 g/mol. The number of anilines is 5. The number of benzene rings is 3. The minimum absolute atomic E-state index is 0.0111. The Bertz CT molecular complexity index is 1840. The van der Waals surface area contributed by atoms with Gasteiger partial charge in [-0.25, -0.2) is 16.7 Å². The molecule has 4 aromatic rings. The van der Waals surface area contributed by atoms with Crippen molar-refractivity contribution in [2.45, 2.75) is 33.1 Å². The Morgan fingerprint density at radius 1 is 1.02 bits per heavy atom. The topological polar surface area (TPSA) is 139 Å². The lowest BCUT2D eigenvalue weighted by molar-refractivity contribution is -0.131. The molecule has 11 heteroatoms. The molecule has 10 nitrogen and oxygen atoms in total. The fourth-order valence-corrected chi connectivity index (χ4v) is 6.38. The molecule has 1 aromatic heterocycles. The molecule has 0 atom stereocenters. The molecule has 1 aliphatic rings. The zero-order chi connectivity index (χ0) is 31.8. The van der Waals surface area contributed by atoms with Crippen molar-refractivity contribution in [3.63, 3.8) is 0 Å². The molecule has 0 radical (unpaired) electrons. The highest BCUT2D eigenvalue weighted by Gasteiger charge is 2.27. The van der Waals surface area contributed by atoms with E-state index in [0.29, 0.717) is 46.3 Å². The van der Waals surface area contributed by atoms with Crippen LogP contribution in [0.4, 0.5) is 28.6 Å². The van der Waals surface area contributed by atoms with Gasteiger partial charge in [0, 0.05) is 42.3 Å². The van der Waals surface area contributed by atoms with E-state index >= 15 is 0 Å². The number of aromatic nitrogens is 2. The summed E-state index contributed by atoms with van der Waals surface area (Å²) in [7, 11) is 1.64. The fraction of sp³-hybridized carbons (Fsp3) is 0.242. The number of aryl methyl sites for hydroxylation is 1. The number of carbonyl (C=O) groups excluding carboxylic acids is 3. The van der Waals surface area contributed by atoms with Gasteiger partial charge in [0.2, 0.25) is 5.12 Å². The number of nitrogen functional groups attached to an aromatic ring is 1. The van der Waals surface area contributed by atoms with E-state index in [1.54, 1.807) is 31.4 Å². The third-order valence-corrected chi connectivity index (χ3v) is 9.22. The van der Waals surface area contributed by atoms with Crippen molar-refractivity contribution in [2.24, 2.45) is 7.05 Å². The number of amides is 2. The maximum absolute atomic E-state index is 13.1. The van der Waals surface area contributed by atoms with E-state index in [4.69, 9.17) is 5.73 Å². The molecule has 1 aliphatic heterocycles. The van der Waals surface area contributed by atoms with Gasteiger partial charge in [-0.2, -0.15) is 0 Å². The van der Waals surface area contributed by atoms with Gasteiger partial charge < -0.3 is 25.8 Å². The molecule has 0 spiro atoms. The predicted octanol–water partition coefficient (Wildman–Crippen LogP) is 4.17. The standard InChI is InChI=1S/C33H38N6O4S/c1-19-23(7-6-8-25(19)37-29(40)20-9-11-21(12-10-20)33(2,3)4)26-18-38(5)30(41)28(36-26)35-22-13-14-27(24(34)17-22)39-15-16-44-32(43)31(39)42/h6-14,17-18H,15-16,34H2,1-5H3,44H4,(H,35,36)(H,37,40). The third-order valence-electron chi connectivity index (χ3n) is 7.79. The summed E-state index contributed by atoms with van der Waals surface area (Å²) in [4.78, 5) is 56.5. The molecule has 5 rings (SSSR count). The molecule has 0 unspecified atom stereocenters.